The molecule has 42 heavy (non-hydrogen) atoms. The van der Waals surface area contributed by atoms with Gasteiger partial charge >= 0.3 is 0 Å². The number of aliphatic hydroxyl groups excluding tert-OH is 2. The van der Waals surface area contributed by atoms with Crippen molar-refractivity contribution in [3.63, 3.8) is 0 Å². The number of aromatic nitrogens is 4. The monoisotopic (exact) mass is 572 g/mol. The average Bonchev–Trinajstić information content (AvgIpc) is 3.45. The second kappa shape index (κ2) is 11.9. The van der Waals surface area contributed by atoms with Gasteiger partial charge in [0.15, 0.2) is 22.9 Å². The van der Waals surface area contributed by atoms with Crippen LogP contribution in [0.25, 0.3) is 28.0 Å². The summed E-state index contributed by atoms with van der Waals surface area (Å²) >= 11 is 0. The number of ketones is 1. The van der Waals surface area contributed by atoms with E-state index in [9.17, 15) is 19.8 Å². The van der Waals surface area contributed by atoms with E-state index in [4.69, 9.17) is 20.2 Å². The van der Waals surface area contributed by atoms with E-state index in [0.29, 0.717) is 66.2 Å². The van der Waals surface area contributed by atoms with Crippen molar-refractivity contribution in [3.05, 3.63) is 65.8 Å². The van der Waals surface area contributed by atoms with Crippen LogP contribution in [0.4, 0.5) is 5.82 Å². The highest BCUT2D eigenvalue weighted by molar-refractivity contribution is 6.00. The first-order chi connectivity index (χ1) is 20.3. The van der Waals surface area contributed by atoms with Gasteiger partial charge < -0.3 is 30.3 Å². The molecule has 1 fully saturated rings. The lowest BCUT2D eigenvalue weighted by atomic mass is 9.89. The summed E-state index contributed by atoms with van der Waals surface area (Å²) in [5.41, 5.74) is 10.9. The number of ether oxygens (including phenoxy) is 2. The minimum atomic E-state index is -0.549. The first kappa shape index (κ1) is 28.6. The molecule has 3 aromatic heterocycles. The molecule has 218 valence electrons. The van der Waals surface area contributed by atoms with Gasteiger partial charge in [-0.2, -0.15) is 9.61 Å². The molecule has 1 aromatic carbocycles. The highest BCUT2D eigenvalue weighted by atomic mass is 16.5. The zero-order chi connectivity index (χ0) is 30.0. The number of hydrogen-bond donors (Lipinski definition) is 3. The summed E-state index contributed by atoms with van der Waals surface area (Å²) in [7, 11) is 3.17. The van der Waals surface area contributed by atoms with Gasteiger partial charge in [0, 0.05) is 41.9 Å². The van der Waals surface area contributed by atoms with E-state index < -0.39 is 12.5 Å². The maximum absolute atomic E-state index is 12.7. The van der Waals surface area contributed by atoms with Gasteiger partial charge in [-0.1, -0.05) is 6.07 Å². The van der Waals surface area contributed by atoms with Gasteiger partial charge in [0.1, 0.15) is 5.82 Å². The van der Waals surface area contributed by atoms with Crippen LogP contribution < -0.4 is 15.2 Å². The number of methoxy groups -OCH3 is 2. The molecule has 0 aliphatic carbocycles. The third-order valence-electron chi connectivity index (χ3n) is 7.59. The number of anilines is 1. The third-order valence-corrected chi connectivity index (χ3v) is 7.59. The quantitative estimate of drug-likeness (QED) is 0.162. The standard InChI is InChI=1S/C30H32N6O6/c1-17(39)26-27(18-8-10-35(11-9-18)30(40)21(15-37)16-38)34-29-22(14-33-36(29)28(26)31)20-4-6-23(32-13-20)19-5-7-24(41-2)25(12-19)42-3/h4-7,12-15,18,37-38H,8-11,16,31H2,1-3H3/b21-15+. The lowest BCUT2D eigenvalue weighted by Crippen LogP contribution is -2.39. The SMILES string of the molecule is COc1ccc(-c2ccc(-c3cnn4c(N)c(C(C)=O)c(C5CCN(C(=O)/C(=C/O)CO)CC5)nc34)cn2)cc1OC. The summed E-state index contributed by atoms with van der Waals surface area (Å²) in [6, 6.07) is 9.40. The van der Waals surface area contributed by atoms with Gasteiger partial charge in [-0.05, 0) is 44.0 Å². The number of Topliss-reactive ketones (excluding diaryl/α,β-unsaturated/α-hetero) is 1. The number of pyridine rings is 1. The minimum Gasteiger partial charge on any atom is -0.515 e. The summed E-state index contributed by atoms with van der Waals surface area (Å²) < 4.78 is 12.2. The number of fused-ring (bicyclic) bond motifs is 1. The molecule has 0 saturated carbocycles. The van der Waals surface area contributed by atoms with Crippen LogP contribution in [0, 0.1) is 0 Å². The lowest BCUT2D eigenvalue weighted by Gasteiger charge is -2.32. The fourth-order valence-corrected chi connectivity index (χ4v) is 5.34. The highest BCUT2D eigenvalue weighted by Crippen LogP contribution is 2.36. The topological polar surface area (TPSA) is 165 Å². The van der Waals surface area contributed by atoms with Gasteiger partial charge in [0.05, 0.1) is 55.8 Å². The van der Waals surface area contributed by atoms with Crippen molar-refractivity contribution >= 4 is 23.2 Å². The summed E-state index contributed by atoms with van der Waals surface area (Å²) in [4.78, 5) is 36.4. The van der Waals surface area contributed by atoms with Crippen molar-refractivity contribution in [1.29, 1.82) is 0 Å². The van der Waals surface area contributed by atoms with Crippen LogP contribution in [0.5, 0.6) is 11.5 Å². The number of benzene rings is 1. The summed E-state index contributed by atoms with van der Waals surface area (Å²) in [5.74, 6) is 0.653. The number of amides is 1. The number of nitrogens with zero attached hydrogens (tertiary/aromatic N) is 5. The van der Waals surface area contributed by atoms with Crippen molar-refractivity contribution in [1.82, 2.24) is 24.5 Å². The number of carbonyl (C=O) groups excluding carboxylic acids is 2. The van der Waals surface area contributed by atoms with Crippen molar-refractivity contribution in [3.8, 4) is 33.9 Å². The van der Waals surface area contributed by atoms with Crippen LogP contribution in [0.15, 0.2) is 54.6 Å². The van der Waals surface area contributed by atoms with Crippen LogP contribution in [0.2, 0.25) is 0 Å². The molecule has 0 unspecified atom stereocenters. The fraction of sp³-hybridized carbons (Fsp3) is 0.300. The van der Waals surface area contributed by atoms with Crippen molar-refractivity contribution in [2.24, 2.45) is 0 Å². The number of hydrogen-bond acceptors (Lipinski definition) is 10. The molecule has 12 nitrogen and oxygen atoms in total. The Labute approximate surface area is 242 Å². The van der Waals surface area contributed by atoms with Crippen LogP contribution in [0.3, 0.4) is 0 Å². The van der Waals surface area contributed by atoms with Gasteiger partial charge in [-0.25, -0.2) is 4.98 Å². The van der Waals surface area contributed by atoms with Gasteiger partial charge in [0.2, 0.25) is 0 Å². The molecule has 4 N–H and O–H groups in total. The summed E-state index contributed by atoms with van der Waals surface area (Å²) in [6.07, 6.45) is 5.08. The Morgan fingerprint density at radius 2 is 1.79 bits per heavy atom. The number of carbonyl (C=O) groups is 2. The fourth-order valence-electron chi connectivity index (χ4n) is 5.34. The Morgan fingerprint density at radius 3 is 2.38 bits per heavy atom. The van der Waals surface area contributed by atoms with Crippen LogP contribution >= 0.6 is 0 Å². The van der Waals surface area contributed by atoms with E-state index in [0.717, 1.165) is 16.8 Å². The zero-order valence-electron chi connectivity index (χ0n) is 23.6. The molecule has 0 spiro atoms. The smallest absolute Gasteiger partial charge is 0.255 e. The molecule has 1 saturated heterocycles. The molecular weight excluding hydrogens is 540 g/mol. The number of likely N-dealkylation sites (tertiary alicyclic amines) is 1. The maximum Gasteiger partial charge on any atom is 0.255 e. The molecule has 12 heteroatoms. The minimum absolute atomic E-state index is 0.0729. The molecule has 0 bridgehead atoms. The van der Waals surface area contributed by atoms with Gasteiger partial charge in [-0.3, -0.25) is 14.6 Å². The van der Waals surface area contributed by atoms with E-state index in [2.05, 4.69) is 10.1 Å². The Bertz CT molecular complexity index is 1670. The largest absolute Gasteiger partial charge is 0.515 e. The molecule has 1 aliphatic rings. The molecule has 4 aromatic rings. The van der Waals surface area contributed by atoms with Crippen molar-refractivity contribution < 1.29 is 29.3 Å². The molecule has 4 heterocycles. The number of aliphatic hydroxyl groups is 2. The third kappa shape index (κ3) is 5.12. The Kier molecular flexibility index (Phi) is 8.07. The average molecular weight is 573 g/mol. The van der Waals surface area contributed by atoms with E-state index >= 15 is 0 Å². The molecular formula is C30H32N6O6. The maximum atomic E-state index is 12.7. The Morgan fingerprint density at radius 1 is 1.07 bits per heavy atom. The second-order valence-electron chi connectivity index (χ2n) is 9.99. The normalized spacial score (nSPS) is 14.3. The molecule has 0 atom stereocenters. The van der Waals surface area contributed by atoms with Crippen molar-refractivity contribution in [2.45, 2.75) is 25.7 Å². The molecule has 0 radical (unpaired) electrons. The van der Waals surface area contributed by atoms with Crippen LogP contribution in [-0.4, -0.2) is 80.3 Å². The highest BCUT2D eigenvalue weighted by Gasteiger charge is 2.31. The van der Waals surface area contributed by atoms with Gasteiger partial charge in [-0.15, -0.1) is 0 Å². The van der Waals surface area contributed by atoms with Gasteiger partial charge in [0.25, 0.3) is 5.91 Å². The number of rotatable bonds is 8. The number of piperidine rings is 1. The Balaban J connectivity index is 1.48. The second-order valence-corrected chi connectivity index (χ2v) is 9.99. The molecule has 1 aliphatic heterocycles. The van der Waals surface area contributed by atoms with E-state index in [1.54, 1.807) is 31.5 Å². The first-order valence-corrected chi connectivity index (χ1v) is 13.4. The van der Waals surface area contributed by atoms with E-state index in [1.807, 2.05) is 30.3 Å². The van der Waals surface area contributed by atoms with Crippen molar-refractivity contribution in [2.75, 3.05) is 39.6 Å². The first-order valence-electron chi connectivity index (χ1n) is 13.4. The molecule has 5 rings (SSSR count). The Hall–Kier alpha value is -4.97. The van der Waals surface area contributed by atoms with Crippen LogP contribution in [-0.2, 0) is 4.79 Å². The lowest BCUT2D eigenvalue weighted by molar-refractivity contribution is -0.128. The molecule has 1 amide bonds. The predicted molar refractivity (Wildman–Crippen MR) is 156 cm³/mol. The van der Waals surface area contributed by atoms with Crippen LogP contribution in [0.1, 0.15) is 41.7 Å². The summed E-state index contributed by atoms with van der Waals surface area (Å²) in [6.45, 7) is 1.64. The zero-order valence-corrected chi connectivity index (χ0v) is 23.6. The predicted octanol–water partition coefficient (Wildman–Crippen LogP) is 3.40. The van der Waals surface area contributed by atoms with E-state index in [1.165, 1.54) is 11.4 Å². The number of nitrogens with two attached hydrogens (primary N) is 1. The number of nitrogen functional groups attached to an aromatic ring is 1. The summed E-state index contributed by atoms with van der Waals surface area (Å²) in [5, 5.41) is 23.0. The van der Waals surface area contributed by atoms with E-state index in [-0.39, 0.29) is 23.1 Å².